The highest BCUT2D eigenvalue weighted by atomic mass is 32.2. The zero-order valence-electron chi connectivity index (χ0n) is 12.3. The van der Waals surface area contributed by atoms with Crippen LogP contribution in [-0.4, -0.2) is 35.6 Å². The molecular weight excluding hydrogens is 306 g/mol. The van der Waals surface area contributed by atoms with Crippen molar-refractivity contribution in [1.82, 2.24) is 15.2 Å². The summed E-state index contributed by atoms with van der Waals surface area (Å²) in [7, 11) is -3.22. The highest BCUT2D eigenvalue weighted by Crippen LogP contribution is 2.11. The Morgan fingerprint density at radius 1 is 1.23 bits per heavy atom. The maximum atomic E-state index is 11.4. The molecule has 1 aromatic carbocycles. The van der Waals surface area contributed by atoms with Gasteiger partial charge in [-0.15, -0.1) is 10.2 Å². The summed E-state index contributed by atoms with van der Waals surface area (Å²) in [4.78, 5) is 14.1. The van der Waals surface area contributed by atoms with Crippen molar-refractivity contribution >= 4 is 21.5 Å². The normalized spacial score (nSPS) is 12.2. The molecule has 0 atom stereocenters. The van der Waals surface area contributed by atoms with Gasteiger partial charge in [-0.3, -0.25) is 9.78 Å². The van der Waals surface area contributed by atoms with Crippen LogP contribution >= 0.6 is 0 Å². The van der Waals surface area contributed by atoms with Crippen LogP contribution in [0.25, 0.3) is 0 Å². The quantitative estimate of drug-likeness (QED) is 0.633. The van der Waals surface area contributed by atoms with E-state index in [9.17, 15) is 13.2 Å². The highest BCUT2D eigenvalue weighted by molar-refractivity contribution is 7.90. The first-order chi connectivity index (χ1) is 10.3. The van der Waals surface area contributed by atoms with Crippen LogP contribution in [0.2, 0.25) is 0 Å². The van der Waals surface area contributed by atoms with Gasteiger partial charge < -0.3 is 0 Å². The van der Waals surface area contributed by atoms with Gasteiger partial charge in [0, 0.05) is 6.26 Å². The van der Waals surface area contributed by atoms with Crippen molar-refractivity contribution in [2.75, 3.05) is 11.7 Å². The summed E-state index contributed by atoms with van der Waals surface area (Å²) in [6, 6.07) is 6.33. The number of nitrogens with zero attached hydrogens (tertiary/aromatic N) is 3. The Kier molecular flexibility index (Phi) is 4.36. The number of sulfone groups is 1. The molecule has 1 aromatic heterocycles. The van der Waals surface area contributed by atoms with Crippen LogP contribution in [0, 0.1) is 6.92 Å². The molecule has 0 saturated heterocycles. The molecule has 0 amide bonds. The van der Waals surface area contributed by atoms with Gasteiger partial charge in [0.05, 0.1) is 10.6 Å². The number of aromatic nitrogens is 3. The number of benzene rings is 1. The second-order valence-corrected chi connectivity index (χ2v) is 6.71. The molecule has 0 bridgehead atoms. The monoisotopic (exact) mass is 321 g/mol. The van der Waals surface area contributed by atoms with E-state index in [4.69, 9.17) is 0 Å². The third-order valence-corrected chi connectivity index (χ3v) is 4.02. The molecule has 1 heterocycles. The summed E-state index contributed by atoms with van der Waals surface area (Å²) >= 11 is 0. The van der Waals surface area contributed by atoms with Gasteiger partial charge in [0.1, 0.15) is 5.69 Å². The minimum Gasteiger partial charge on any atom is -0.288 e. The van der Waals surface area contributed by atoms with Crippen LogP contribution in [-0.2, 0) is 9.84 Å². The molecule has 2 rings (SSSR count). The highest BCUT2D eigenvalue weighted by Gasteiger charge is 2.07. The smallest absolute Gasteiger partial charge is 0.274 e. The average Bonchev–Trinajstić information content (AvgIpc) is 2.47. The number of rotatable bonds is 4. The standard InChI is InChI=1S/C13H15N5O3S/c1-8(10-4-6-11(7-5-10)22(3,20)21)15-17-13-14-12(19)9(2)16-18-13/h4-7H,1-3H3,(H2,14,17,18,19)/b15-8-. The number of hydrogen-bond donors (Lipinski definition) is 2. The van der Waals surface area contributed by atoms with Crippen LogP contribution in [0.15, 0.2) is 39.1 Å². The molecule has 0 aliphatic rings. The summed E-state index contributed by atoms with van der Waals surface area (Å²) in [5.74, 6) is 0.128. The molecule has 9 heteroatoms. The van der Waals surface area contributed by atoms with Crippen molar-refractivity contribution in [3.05, 3.63) is 45.9 Å². The Bertz CT molecular complexity index is 869. The fourth-order valence-electron chi connectivity index (χ4n) is 1.59. The number of nitrogens with one attached hydrogen (secondary N) is 2. The first-order valence-corrected chi connectivity index (χ1v) is 8.21. The van der Waals surface area contributed by atoms with Crippen molar-refractivity contribution in [2.24, 2.45) is 5.10 Å². The Balaban J connectivity index is 2.18. The number of hydrogen-bond acceptors (Lipinski definition) is 7. The lowest BCUT2D eigenvalue weighted by Gasteiger charge is -2.04. The third kappa shape index (κ3) is 3.76. The lowest BCUT2D eigenvalue weighted by atomic mass is 10.1. The second-order valence-electron chi connectivity index (χ2n) is 4.69. The molecule has 0 radical (unpaired) electrons. The van der Waals surface area contributed by atoms with E-state index in [-0.39, 0.29) is 22.1 Å². The molecule has 8 nitrogen and oxygen atoms in total. The lowest BCUT2D eigenvalue weighted by molar-refractivity contribution is 0.602. The minimum atomic E-state index is -3.22. The predicted molar refractivity (Wildman–Crippen MR) is 82.8 cm³/mol. The van der Waals surface area contributed by atoms with Gasteiger partial charge in [-0.2, -0.15) is 5.10 Å². The second kappa shape index (κ2) is 6.06. The molecule has 0 fully saturated rings. The van der Waals surface area contributed by atoms with Crippen LogP contribution in [0.1, 0.15) is 18.2 Å². The van der Waals surface area contributed by atoms with Gasteiger partial charge in [-0.25, -0.2) is 13.8 Å². The Morgan fingerprint density at radius 3 is 2.41 bits per heavy atom. The molecule has 0 aliphatic carbocycles. The van der Waals surface area contributed by atoms with Gasteiger partial charge in [-0.05, 0) is 31.5 Å². The molecule has 0 saturated carbocycles. The SMILES string of the molecule is C/C(=N/Nc1nnc(C)c(=O)[nH]1)c1ccc(S(C)(=O)=O)cc1. The molecule has 0 spiro atoms. The van der Waals surface area contributed by atoms with Crippen molar-refractivity contribution in [3.63, 3.8) is 0 Å². The molecule has 2 aromatic rings. The molecule has 22 heavy (non-hydrogen) atoms. The van der Waals surface area contributed by atoms with Crippen LogP contribution < -0.4 is 11.0 Å². The van der Waals surface area contributed by atoms with E-state index in [1.807, 2.05) is 0 Å². The first-order valence-electron chi connectivity index (χ1n) is 6.32. The number of aryl methyl sites for hydroxylation is 1. The van der Waals surface area contributed by atoms with Gasteiger partial charge in [-0.1, -0.05) is 12.1 Å². The maximum Gasteiger partial charge on any atom is 0.274 e. The van der Waals surface area contributed by atoms with Crippen molar-refractivity contribution in [3.8, 4) is 0 Å². The Morgan fingerprint density at radius 2 is 1.86 bits per heavy atom. The largest absolute Gasteiger partial charge is 0.288 e. The van der Waals surface area contributed by atoms with Crippen LogP contribution in [0.3, 0.4) is 0 Å². The molecule has 0 unspecified atom stereocenters. The van der Waals surface area contributed by atoms with Crippen molar-refractivity contribution < 1.29 is 8.42 Å². The van der Waals surface area contributed by atoms with E-state index < -0.39 is 9.84 Å². The molecule has 116 valence electrons. The van der Waals surface area contributed by atoms with E-state index >= 15 is 0 Å². The molecule has 0 aliphatic heterocycles. The summed E-state index contributed by atoms with van der Waals surface area (Å²) in [6.07, 6.45) is 1.15. The van der Waals surface area contributed by atoms with Gasteiger partial charge >= 0.3 is 0 Å². The van der Waals surface area contributed by atoms with Crippen LogP contribution in [0.5, 0.6) is 0 Å². The van der Waals surface area contributed by atoms with Crippen LogP contribution in [0.4, 0.5) is 5.95 Å². The van der Waals surface area contributed by atoms with E-state index in [0.29, 0.717) is 5.71 Å². The van der Waals surface area contributed by atoms with Gasteiger partial charge in [0.25, 0.3) is 5.56 Å². The summed E-state index contributed by atoms with van der Waals surface area (Å²) in [6.45, 7) is 3.29. The summed E-state index contributed by atoms with van der Waals surface area (Å²) in [5, 5.41) is 11.5. The topological polar surface area (TPSA) is 117 Å². The maximum absolute atomic E-state index is 11.4. The fraction of sp³-hybridized carbons (Fsp3) is 0.231. The Labute approximate surface area is 127 Å². The zero-order valence-corrected chi connectivity index (χ0v) is 13.1. The lowest BCUT2D eigenvalue weighted by Crippen LogP contribution is -2.16. The summed E-state index contributed by atoms with van der Waals surface area (Å²) < 4.78 is 22.8. The van der Waals surface area contributed by atoms with E-state index in [1.165, 1.54) is 12.1 Å². The number of anilines is 1. The first kappa shape index (κ1) is 15.8. The number of aromatic amines is 1. The van der Waals surface area contributed by atoms with E-state index in [2.05, 4.69) is 25.7 Å². The van der Waals surface area contributed by atoms with Gasteiger partial charge in [0.2, 0.25) is 5.95 Å². The minimum absolute atomic E-state index is 0.128. The average molecular weight is 321 g/mol. The molecular formula is C13H15N5O3S. The van der Waals surface area contributed by atoms with E-state index in [0.717, 1.165) is 11.8 Å². The number of H-pyrrole nitrogens is 1. The van der Waals surface area contributed by atoms with E-state index in [1.54, 1.807) is 26.0 Å². The van der Waals surface area contributed by atoms with Crippen molar-refractivity contribution in [2.45, 2.75) is 18.7 Å². The third-order valence-electron chi connectivity index (χ3n) is 2.89. The van der Waals surface area contributed by atoms with Gasteiger partial charge in [0.15, 0.2) is 9.84 Å². The molecule has 2 N–H and O–H groups in total. The zero-order chi connectivity index (χ0) is 16.3. The number of hydrazone groups is 1. The summed E-state index contributed by atoms with van der Waals surface area (Å²) in [5.41, 5.74) is 3.86. The van der Waals surface area contributed by atoms with Crippen molar-refractivity contribution in [1.29, 1.82) is 0 Å². The fourth-order valence-corrected chi connectivity index (χ4v) is 2.22. The predicted octanol–water partition coefficient (Wildman–Crippen LogP) is 0.713. The Hall–Kier alpha value is -2.55.